The fraction of sp³-hybridized carbons (Fsp3) is 0.0952. The molecule has 0 aliphatic rings. The van der Waals surface area contributed by atoms with Gasteiger partial charge in [0.2, 0.25) is 0 Å². The fourth-order valence-electron chi connectivity index (χ4n) is 2.70. The lowest BCUT2D eigenvalue weighted by Gasteiger charge is -2.22. The molecular weight excluding hydrogens is 334 g/mol. The molecule has 0 saturated carbocycles. The van der Waals surface area contributed by atoms with Crippen LogP contribution in [0.3, 0.4) is 0 Å². The van der Waals surface area contributed by atoms with Crippen molar-refractivity contribution in [3.8, 4) is 0 Å². The molecule has 0 heterocycles. The van der Waals surface area contributed by atoms with Crippen molar-refractivity contribution in [2.24, 2.45) is 0 Å². The van der Waals surface area contributed by atoms with Gasteiger partial charge >= 0.3 is 0 Å². The van der Waals surface area contributed by atoms with E-state index in [0.717, 1.165) is 11.1 Å². The predicted molar refractivity (Wildman–Crippen MR) is 99.3 cm³/mol. The van der Waals surface area contributed by atoms with Crippen LogP contribution in [0.4, 0.5) is 0 Å². The molecular formula is C21H18ClNO2. The Kier molecular flexibility index (Phi) is 5.49. The third-order valence-electron chi connectivity index (χ3n) is 3.97. The third kappa shape index (κ3) is 4.27. The van der Waals surface area contributed by atoms with Crippen LogP contribution in [0, 0.1) is 0 Å². The van der Waals surface area contributed by atoms with E-state index in [9.17, 15) is 9.90 Å². The lowest BCUT2D eigenvalue weighted by molar-refractivity contribution is -0.130. The van der Waals surface area contributed by atoms with Crippen LogP contribution in [-0.2, 0) is 4.79 Å². The number of aliphatic hydroxyl groups excluding tert-OH is 1. The van der Waals surface area contributed by atoms with E-state index >= 15 is 0 Å². The zero-order valence-corrected chi connectivity index (χ0v) is 14.2. The minimum atomic E-state index is -1.28. The van der Waals surface area contributed by atoms with Crippen molar-refractivity contribution in [1.82, 2.24) is 5.32 Å². The number of aliphatic hydroxyl groups is 1. The van der Waals surface area contributed by atoms with E-state index in [2.05, 4.69) is 5.32 Å². The van der Waals surface area contributed by atoms with Gasteiger partial charge < -0.3 is 10.4 Å². The standard InChI is InChI=1S/C21H18ClNO2/c22-18-13-7-12-17(14-18)20(24)21(25)23-19(15-8-3-1-4-9-15)16-10-5-2-6-11-16/h1-14,19-20,24H,(H,23,25). The molecule has 25 heavy (non-hydrogen) atoms. The van der Waals surface area contributed by atoms with E-state index in [-0.39, 0.29) is 6.04 Å². The van der Waals surface area contributed by atoms with Gasteiger partial charge in [0.25, 0.3) is 5.91 Å². The number of benzene rings is 3. The van der Waals surface area contributed by atoms with Gasteiger partial charge in [-0.15, -0.1) is 0 Å². The first kappa shape index (κ1) is 17.2. The molecule has 2 N–H and O–H groups in total. The van der Waals surface area contributed by atoms with Crippen LogP contribution in [0.1, 0.15) is 28.8 Å². The third-order valence-corrected chi connectivity index (χ3v) is 4.20. The molecule has 0 aromatic heterocycles. The zero-order valence-electron chi connectivity index (χ0n) is 13.5. The SMILES string of the molecule is O=C(NC(c1ccccc1)c1ccccc1)C(O)c1cccc(Cl)c1. The van der Waals surface area contributed by atoms with Crippen LogP contribution in [0.15, 0.2) is 84.9 Å². The van der Waals surface area contributed by atoms with Gasteiger partial charge in [-0.2, -0.15) is 0 Å². The lowest BCUT2D eigenvalue weighted by atomic mass is 9.98. The summed E-state index contributed by atoms with van der Waals surface area (Å²) in [4.78, 5) is 12.6. The van der Waals surface area contributed by atoms with Crippen molar-refractivity contribution >= 4 is 17.5 Å². The predicted octanol–water partition coefficient (Wildman–Crippen LogP) is 4.28. The highest BCUT2D eigenvalue weighted by molar-refractivity contribution is 6.30. The van der Waals surface area contributed by atoms with Crippen molar-refractivity contribution in [3.63, 3.8) is 0 Å². The molecule has 0 aliphatic carbocycles. The van der Waals surface area contributed by atoms with E-state index in [1.165, 1.54) is 0 Å². The van der Waals surface area contributed by atoms with Crippen LogP contribution in [0.25, 0.3) is 0 Å². The normalized spacial score (nSPS) is 12.0. The minimum Gasteiger partial charge on any atom is -0.378 e. The van der Waals surface area contributed by atoms with Gasteiger partial charge in [0.05, 0.1) is 6.04 Å². The summed E-state index contributed by atoms with van der Waals surface area (Å²) in [5, 5.41) is 13.8. The second-order valence-corrected chi connectivity index (χ2v) is 6.16. The monoisotopic (exact) mass is 351 g/mol. The molecule has 3 aromatic rings. The van der Waals surface area contributed by atoms with Crippen molar-refractivity contribution < 1.29 is 9.90 Å². The maximum Gasteiger partial charge on any atom is 0.254 e. The van der Waals surface area contributed by atoms with Crippen LogP contribution < -0.4 is 5.32 Å². The molecule has 0 fully saturated rings. The number of halogens is 1. The Balaban J connectivity index is 1.86. The Hall–Kier alpha value is -2.62. The van der Waals surface area contributed by atoms with Gasteiger partial charge in [0, 0.05) is 5.02 Å². The van der Waals surface area contributed by atoms with E-state index < -0.39 is 12.0 Å². The number of hydrogen-bond acceptors (Lipinski definition) is 2. The molecule has 126 valence electrons. The summed E-state index contributed by atoms with van der Waals surface area (Å²) in [6, 6.07) is 25.7. The number of amides is 1. The van der Waals surface area contributed by atoms with Crippen molar-refractivity contribution in [2.75, 3.05) is 0 Å². The highest BCUT2D eigenvalue weighted by atomic mass is 35.5. The number of carbonyl (C=O) groups excluding carboxylic acids is 1. The van der Waals surface area contributed by atoms with Gasteiger partial charge in [-0.3, -0.25) is 4.79 Å². The fourth-order valence-corrected chi connectivity index (χ4v) is 2.90. The summed E-state index contributed by atoms with van der Waals surface area (Å²) >= 11 is 5.95. The second-order valence-electron chi connectivity index (χ2n) is 5.72. The summed E-state index contributed by atoms with van der Waals surface area (Å²) < 4.78 is 0. The van der Waals surface area contributed by atoms with E-state index in [1.807, 2.05) is 60.7 Å². The molecule has 1 amide bonds. The van der Waals surface area contributed by atoms with Gasteiger partial charge in [0.15, 0.2) is 6.10 Å². The first-order chi connectivity index (χ1) is 12.1. The van der Waals surface area contributed by atoms with Crippen molar-refractivity contribution in [3.05, 3.63) is 107 Å². The number of rotatable bonds is 5. The maximum absolute atomic E-state index is 12.6. The number of carbonyl (C=O) groups is 1. The van der Waals surface area contributed by atoms with Crippen LogP contribution in [-0.4, -0.2) is 11.0 Å². The molecule has 1 unspecified atom stereocenters. The van der Waals surface area contributed by atoms with Gasteiger partial charge in [-0.1, -0.05) is 84.4 Å². The molecule has 3 rings (SSSR count). The highest BCUT2D eigenvalue weighted by Gasteiger charge is 2.23. The molecule has 0 radical (unpaired) electrons. The first-order valence-corrected chi connectivity index (χ1v) is 8.37. The quantitative estimate of drug-likeness (QED) is 0.720. The summed E-state index contributed by atoms with van der Waals surface area (Å²) in [6.07, 6.45) is -1.28. The van der Waals surface area contributed by atoms with Gasteiger partial charge in [-0.05, 0) is 28.8 Å². The Labute approximate surface area is 151 Å². The molecule has 3 nitrogen and oxygen atoms in total. The average Bonchev–Trinajstić information content (AvgIpc) is 2.66. The van der Waals surface area contributed by atoms with E-state index in [4.69, 9.17) is 11.6 Å². The molecule has 0 aliphatic heterocycles. The van der Waals surface area contributed by atoms with Crippen molar-refractivity contribution in [2.45, 2.75) is 12.1 Å². The van der Waals surface area contributed by atoms with E-state index in [1.54, 1.807) is 24.3 Å². The second kappa shape index (κ2) is 7.97. The van der Waals surface area contributed by atoms with Crippen LogP contribution >= 0.6 is 11.6 Å². The minimum absolute atomic E-state index is 0.344. The highest BCUT2D eigenvalue weighted by Crippen LogP contribution is 2.24. The summed E-state index contributed by atoms with van der Waals surface area (Å²) in [5.74, 6) is -0.472. The van der Waals surface area contributed by atoms with Gasteiger partial charge in [0.1, 0.15) is 0 Å². The summed E-state index contributed by atoms with van der Waals surface area (Å²) in [7, 11) is 0. The van der Waals surface area contributed by atoms with Crippen LogP contribution in [0.2, 0.25) is 5.02 Å². The Bertz CT molecular complexity index is 797. The number of nitrogens with one attached hydrogen (secondary N) is 1. The zero-order chi connectivity index (χ0) is 17.6. The Morgan fingerprint density at radius 3 is 1.84 bits per heavy atom. The van der Waals surface area contributed by atoms with Crippen LogP contribution in [0.5, 0.6) is 0 Å². The van der Waals surface area contributed by atoms with Gasteiger partial charge in [-0.25, -0.2) is 0 Å². The summed E-state index contributed by atoms with van der Waals surface area (Å²) in [6.45, 7) is 0. The Morgan fingerprint density at radius 1 is 0.800 bits per heavy atom. The molecule has 0 bridgehead atoms. The maximum atomic E-state index is 12.6. The lowest BCUT2D eigenvalue weighted by Crippen LogP contribution is -2.33. The van der Waals surface area contributed by atoms with E-state index in [0.29, 0.717) is 10.6 Å². The average molecular weight is 352 g/mol. The Morgan fingerprint density at radius 2 is 1.32 bits per heavy atom. The largest absolute Gasteiger partial charge is 0.378 e. The van der Waals surface area contributed by atoms with Crippen molar-refractivity contribution in [1.29, 1.82) is 0 Å². The topological polar surface area (TPSA) is 49.3 Å². The molecule has 1 atom stereocenters. The molecule has 3 aromatic carbocycles. The molecule has 4 heteroatoms. The smallest absolute Gasteiger partial charge is 0.254 e. The molecule has 0 spiro atoms. The number of hydrogen-bond donors (Lipinski definition) is 2. The first-order valence-electron chi connectivity index (χ1n) is 7.99. The molecule has 0 saturated heterocycles. The summed E-state index contributed by atoms with van der Waals surface area (Å²) in [5.41, 5.74) is 2.35.